The van der Waals surface area contributed by atoms with Crippen LogP contribution in [-0.2, 0) is 0 Å². The molecule has 1 nitrogen and oxygen atoms in total. The molecular weight excluding hydrogens is 298 g/mol. The van der Waals surface area contributed by atoms with Crippen molar-refractivity contribution in [3.63, 3.8) is 0 Å². The van der Waals surface area contributed by atoms with Crippen molar-refractivity contribution in [3.05, 3.63) is 54.1 Å². The Morgan fingerprint density at radius 1 is 0.773 bits per heavy atom. The normalized spacial score (nSPS) is 12.2. The summed E-state index contributed by atoms with van der Waals surface area (Å²) in [7, 11) is -2.57. The zero-order valence-corrected chi connectivity index (χ0v) is 14.4. The molecule has 0 unspecified atom stereocenters. The van der Waals surface area contributed by atoms with Gasteiger partial charge in [-0.15, -0.1) is 0 Å². The molecule has 0 amide bonds. The standard InChI is InChI=1S/C18H22F2OSi/c1-12(2)22(21,13(3)4)18-7-5-14(6-8-18)15-9-16(19)11-17(20)10-15/h5-13,21H,1-4H3. The van der Waals surface area contributed by atoms with E-state index in [1.807, 2.05) is 52.0 Å². The van der Waals surface area contributed by atoms with Gasteiger partial charge in [-0.1, -0.05) is 52.0 Å². The van der Waals surface area contributed by atoms with Gasteiger partial charge in [0.15, 0.2) is 0 Å². The highest BCUT2D eigenvalue weighted by molar-refractivity contribution is 6.87. The predicted octanol–water partition coefficient (Wildman–Crippen LogP) is 4.60. The van der Waals surface area contributed by atoms with E-state index in [0.717, 1.165) is 16.8 Å². The molecule has 0 aliphatic rings. The van der Waals surface area contributed by atoms with Crippen LogP contribution < -0.4 is 5.19 Å². The summed E-state index contributed by atoms with van der Waals surface area (Å²) in [6.45, 7) is 8.17. The third kappa shape index (κ3) is 3.13. The van der Waals surface area contributed by atoms with Gasteiger partial charge in [-0.3, -0.25) is 0 Å². The van der Waals surface area contributed by atoms with Crippen LogP contribution >= 0.6 is 0 Å². The van der Waals surface area contributed by atoms with E-state index in [0.29, 0.717) is 5.56 Å². The van der Waals surface area contributed by atoms with E-state index in [-0.39, 0.29) is 11.1 Å². The van der Waals surface area contributed by atoms with E-state index in [1.54, 1.807) is 0 Å². The lowest BCUT2D eigenvalue weighted by Gasteiger charge is -2.33. The molecule has 0 saturated carbocycles. The van der Waals surface area contributed by atoms with Crippen molar-refractivity contribution in [2.75, 3.05) is 0 Å². The molecule has 0 radical (unpaired) electrons. The number of benzene rings is 2. The maximum absolute atomic E-state index is 13.3. The summed E-state index contributed by atoms with van der Waals surface area (Å²) >= 11 is 0. The Labute approximate surface area is 131 Å². The van der Waals surface area contributed by atoms with Crippen LogP contribution in [0.3, 0.4) is 0 Å². The van der Waals surface area contributed by atoms with Crippen LogP contribution in [0.4, 0.5) is 8.78 Å². The lowest BCUT2D eigenvalue weighted by molar-refractivity contribution is 0.513. The third-order valence-electron chi connectivity index (χ3n) is 4.30. The average molecular weight is 320 g/mol. The summed E-state index contributed by atoms with van der Waals surface area (Å²) in [5.41, 5.74) is 1.64. The number of hydrogen-bond acceptors (Lipinski definition) is 1. The Morgan fingerprint density at radius 3 is 1.64 bits per heavy atom. The van der Waals surface area contributed by atoms with Crippen molar-refractivity contribution in [2.45, 2.75) is 38.8 Å². The number of halogens is 2. The monoisotopic (exact) mass is 320 g/mol. The van der Waals surface area contributed by atoms with Gasteiger partial charge in [0.2, 0.25) is 8.32 Å². The number of rotatable bonds is 4. The Morgan fingerprint density at radius 2 is 1.23 bits per heavy atom. The maximum atomic E-state index is 13.3. The van der Waals surface area contributed by atoms with Crippen molar-refractivity contribution in [1.82, 2.24) is 0 Å². The zero-order chi connectivity index (χ0) is 16.5. The first kappa shape index (κ1) is 16.8. The first-order valence-electron chi connectivity index (χ1n) is 7.54. The molecule has 0 fully saturated rings. The van der Waals surface area contributed by atoms with Crippen LogP contribution in [0, 0.1) is 11.6 Å². The van der Waals surface area contributed by atoms with Crippen molar-refractivity contribution in [3.8, 4) is 11.1 Å². The molecule has 1 N–H and O–H groups in total. The van der Waals surface area contributed by atoms with E-state index < -0.39 is 20.0 Å². The average Bonchev–Trinajstić information content (AvgIpc) is 2.45. The van der Waals surface area contributed by atoms with Crippen LogP contribution in [-0.4, -0.2) is 13.1 Å². The fourth-order valence-corrected chi connectivity index (χ4v) is 6.35. The van der Waals surface area contributed by atoms with Crippen LogP contribution in [0.5, 0.6) is 0 Å². The van der Waals surface area contributed by atoms with Crippen molar-refractivity contribution in [2.24, 2.45) is 0 Å². The first-order chi connectivity index (χ1) is 10.2. The van der Waals surface area contributed by atoms with Gasteiger partial charge in [-0.2, -0.15) is 0 Å². The highest BCUT2D eigenvalue weighted by atomic mass is 28.4. The Hall–Kier alpha value is -1.52. The molecule has 2 aromatic rings. The fraction of sp³-hybridized carbons (Fsp3) is 0.333. The Balaban J connectivity index is 2.42. The minimum Gasteiger partial charge on any atom is -0.427 e. The quantitative estimate of drug-likeness (QED) is 0.817. The van der Waals surface area contributed by atoms with Gasteiger partial charge in [-0.25, -0.2) is 8.78 Å². The summed E-state index contributed by atoms with van der Waals surface area (Å²) in [4.78, 5) is 11.1. The van der Waals surface area contributed by atoms with Crippen molar-refractivity contribution >= 4 is 13.5 Å². The molecule has 0 spiro atoms. The molecular formula is C18H22F2OSi. The lowest BCUT2D eigenvalue weighted by atomic mass is 10.1. The molecule has 0 bridgehead atoms. The maximum Gasteiger partial charge on any atom is 0.225 e. The van der Waals surface area contributed by atoms with E-state index in [9.17, 15) is 13.6 Å². The SMILES string of the molecule is CC(C)[Si](O)(c1ccc(-c2cc(F)cc(F)c2)cc1)C(C)C. The summed E-state index contributed by atoms with van der Waals surface area (Å²) in [6, 6.07) is 10.9. The fourth-order valence-electron chi connectivity index (χ4n) is 2.98. The molecule has 0 aromatic heterocycles. The van der Waals surface area contributed by atoms with Gasteiger partial charge in [0.05, 0.1) is 0 Å². The summed E-state index contributed by atoms with van der Waals surface area (Å²) in [5.74, 6) is -1.18. The van der Waals surface area contributed by atoms with Crippen molar-refractivity contribution in [1.29, 1.82) is 0 Å². The molecule has 0 aliphatic heterocycles. The molecule has 0 aliphatic carbocycles. The largest absolute Gasteiger partial charge is 0.427 e. The van der Waals surface area contributed by atoms with Gasteiger partial charge < -0.3 is 4.80 Å². The van der Waals surface area contributed by atoms with E-state index in [4.69, 9.17) is 0 Å². The molecule has 2 rings (SSSR count). The first-order valence-corrected chi connectivity index (χ1v) is 9.64. The van der Waals surface area contributed by atoms with Crippen LogP contribution in [0.15, 0.2) is 42.5 Å². The van der Waals surface area contributed by atoms with E-state index >= 15 is 0 Å². The van der Waals surface area contributed by atoms with Crippen LogP contribution in [0.25, 0.3) is 11.1 Å². The summed E-state index contributed by atoms with van der Waals surface area (Å²) in [6.07, 6.45) is 0. The van der Waals surface area contributed by atoms with E-state index in [1.165, 1.54) is 12.1 Å². The predicted molar refractivity (Wildman–Crippen MR) is 89.6 cm³/mol. The van der Waals surface area contributed by atoms with E-state index in [2.05, 4.69) is 0 Å². The van der Waals surface area contributed by atoms with Gasteiger partial charge in [-0.05, 0) is 39.5 Å². The molecule has 118 valence electrons. The Bertz CT molecular complexity index is 622. The summed E-state index contributed by atoms with van der Waals surface area (Å²) < 4.78 is 26.6. The minimum absolute atomic E-state index is 0.199. The molecule has 4 heteroatoms. The molecule has 0 saturated heterocycles. The van der Waals surface area contributed by atoms with Gasteiger partial charge >= 0.3 is 0 Å². The molecule has 2 aromatic carbocycles. The highest BCUT2D eigenvalue weighted by Gasteiger charge is 2.40. The summed E-state index contributed by atoms with van der Waals surface area (Å²) in [5, 5.41) is 0.957. The second-order valence-corrected chi connectivity index (χ2v) is 10.9. The number of hydrogen-bond donors (Lipinski definition) is 1. The topological polar surface area (TPSA) is 20.2 Å². The highest BCUT2D eigenvalue weighted by Crippen LogP contribution is 2.30. The molecule has 0 heterocycles. The third-order valence-corrected chi connectivity index (χ3v) is 9.08. The minimum atomic E-state index is -2.57. The molecule has 0 atom stereocenters. The van der Waals surface area contributed by atoms with Crippen LogP contribution in [0.2, 0.25) is 11.1 Å². The zero-order valence-electron chi connectivity index (χ0n) is 13.4. The van der Waals surface area contributed by atoms with Gasteiger partial charge in [0.1, 0.15) is 11.6 Å². The second kappa shape index (κ2) is 6.30. The Kier molecular flexibility index (Phi) is 4.83. The van der Waals surface area contributed by atoms with Crippen molar-refractivity contribution < 1.29 is 13.6 Å². The lowest BCUT2D eigenvalue weighted by Crippen LogP contribution is -2.53. The smallest absolute Gasteiger partial charge is 0.225 e. The van der Waals surface area contributed by atoms with Gasteiger partial charge in [0.25, 0.3) is 0 Å². The van der Waals surface area contributed by atoms with Crippen LogP contribution in [0.1, 0.15) is 27.7 Å². The van der Waals surface area contributed by atoms with Gasteiger partial charge in [0, 0.05) is 6.07 Å². The second-order valence-electron chi connectivity index (χ2n) is 6.37. The molecule has 22 heavy (non-hydrogen) atoms.